The van der Waals surface area contributed by atoms with Gasteiger partial charge in [0.1, 0.15) is 23.9 Å². The first-order chi connectivity index (χ1) is 14.2. The summed E-state index contributed by atoms with van der Waals surface area (Å²) in [6.07, 6.45) is 1.56. The second kappa shape index (κ2) is 9.94. The molecular weight excluding hydrogens is 368 g/mol. The minimum atomic E-state index is -0.372. The number of nitrogens with zero attached hydrogens (tertiary/aromatic N) is 1. The van der Waals surface area contributed by atoms with E-state index in [4.69, 9.17) is 14.2 Å². The lowest BCUT2D eigenvalue weighted by Crippen LogP contribution is -2.18. The molecule has 0 aliphatic heterocycles. The topological polar surface area (TPSA) is 69.2 Å². The average Bonchev–Trinajstić information content (AvgIpc) is 2.78. The van der Waals surface area contributed by atoms with Crippen LogP contribution in [0.1, 0.15) is 21.5 Å². The molecule has 0 unspecified atom stereocenters. The molecule has 6 heteroatoms. The van der Waals surface area contributed by atoms with E-state index in [9.17, 15) is 4.79 Å². The van der Waals surface area contributed by atoms with Gasteiger partial charge in [0.25, 0.3) is 5.91 Å². The highest BCUT2D eigenvalue weighted by molar-refractivity contribution is 5.97. The lowest BCUT2D eigenvalue weighted by atomic mass is 10.2. The van der Waals surface area contributed by atoms with Gasteiger partial charge in [0.2, 0.25) is 0 Å². The summed E-state index contributed by atoms with van der Waals surface area (Å²) in [5, 5.41) is 4.01. The van der Waals surface area contributed by atoms with Crippen molar-refractivity contribution in [3.8, 4) is 17.2 Å². The van der Waals surface area contributed by atoms with Crippen molar-refractivity contribution in [1.29, 1.82) is 0 Å². The van der Waals surface area contributed by atoms with Gasteiger partial charge in [-0.15, -0.1) is 0 Å². The monoisotopic (exact) mass is 390 g/mol. The van der Waals surface area contributed by atoms with Gasteiger partial charge in [-0.25, -0.2) is 5.43 Å². The van der Waals surface area contributed by atoms with Gasteiger partial charge in [0.15, 0.2) is 0 Å². The molecule has 0 saturated carbocycles. The second-order valence-corrected chi connectivity index (χ2v) is 6.11. The van der Waals surface area contributed by atoms with E-state index in [2.05, 4.69) is 10.5 Å². The van der Waals surface area contributed by atoms with Crippen molar-refractivity contribution in [1.82, 2.24) is 5.43 Å². The van der Waals surface area contributed by atoms with E-state index in [1.54, 1.807) is 31.5 Å². The number of rotatable bonds is 8. The van der Waals surface area contributed by atoms with Crippen LogP contribution in [0, 0.1) is 0 Å². The SMILES string of the molecule is COc1ccc(C(=O)N/N=C\c2ccc(OCc3ccccc3)cc2)c(OC)c1. The minimum Gasteiger partial charge on any atom is -0.497 e. The fourth-order valence-electron chi connectivity index (χ4n) is 2.60. The van der Waals surface area contributed by atoms with Crippen LogP contribution in [0.4, 0.5) is 0 Å². The van der Waals surface area contributed by atoms with E-state index in [0.717, 1.165) is 16.9 Å². The van der Waals surface area contributed by atoms with Crippen molar-refractivity contribution in [3.63, 3.8) is 0 Å². The Hall–Kier alpha value is -3.80. The second-order valence-electron chi connectivity index (χ2n) is 6.11. The smallest absolute Gasteiger partial charge is 0.275 e. The summed E-state index contributed by atoms with van der Waals surface area (Å²) in [6, 6.07) is 22.4. The van der Waals surface area contributed by atoms with E-state index < -0.39 is 0 Å². The lowest BCUT2D eigenvalue weighted by molar-refractivity contribution is 0.0952. The van der Waals surface area contributed by atoms with E-state index in [1.165, 1.54) is 7.11 Å². The number of hydrogen-bond donors (Lipinski definition) is 1. The highest BCUT2D eigenvalue weighted by Gasteiger charge is 2.12. The molecule has 0 aliphatic rings. The van der Waals surface area contributed by atoms with Crippen molar-refractivity contribution < 1.29 is 19.0 Å². The Morgan fingerprint density at radius 1 is 0.931 bits per heavy atom. The Labute approximate surface area is 169 Å². The largest absolute Gasteiger partial charge is 0.497 e. The van der Waals surface area contributed by atoms with Crippen molar-refractivity contribution in [2.45, 2.75) is 6.61 Å². The summed E-state index contributed by atoms with van der Waals surface area (Å²) in [7, 11) is 3.05. The van der Waals surface area contributed by atoms with Crippen LogP contribution in [0.3, 0.4) is 0 Å². The summed E-state index contributed by atoms with van der Waals surface area (Å²) in [6.45, 7) is 0.508. The number of carbonyl (C=O) groups is 1. The lowest BCUT2D eigenvalue weighted by Gasteiger charge is -2.09. The molecule has 148 valence electrons. The fourth-order valence-corrected chi connectivity index (χ4v) is 2.60. The number of nitrogens with one attached hydrogen (secondary N) is 1. The molecule has 0 spiro atoms. The zero-order chi connectivity index (χ0) is 20.5. The molecule has 0 radical (unpaired) electrons. The summed E-state index contributed by atoms with van der Waals surface area (Å²) < 4.78 is 16.1. The maximum absolute atomic E-state index is 12.3. The zero-order valence-electron chi connectivity index (χ0n) is 16.3. The van der Waals surface area contributed by atoms with Crippen LogP contribution in [-0.2, 0) is 6.61 Å². The zero-order valence-corrected chi connectivity index (χ0v) is 16.3. The van der Waals surface area contributed by atoms with Gasteiger partial charge in [0.05, 0.1) is 26.0 Å². The molecule has 3 aromatic rings. The molecule has 1 amide bonds. The molecule has 0 bridgehead atoms. The Bertz CT molecular complexity index is 970. The molecule has 3 rings (SSSR count). The summed E-state index contributed by atoms with van der Waals surface area (Å²) >= 11 is 0. The van der Waals surface area contributed by atoms with Gasteiger partial charge < -0.3 is 14.2 Å². The number of methoxy groups -OCH3 is 2. The average molecular weight is 390 g/mol. The molecular formula is C23H22N2O4. The number of hydrazone groups is 1. The molecule has 0 fully saturated rings. The van der Waals surface area contributed by atoms with Crippen LogP contribution in [0.5, 0.6) is 17.2 Å². The normalized spacial score (nSPS) is 10.6. The molecule has 0 atom stereocenters. The van der Waals surface area contributed by atoms with Crippen molar-refractivity contribution in [2.24, 2.45) is 5.10 Å². The Morgan fingerprint density at radius 3 is 2.34 bits per heavy atom. The molecule has 0 aliphatic carbocycles. The van der Waals surface area contributed by atoms with Gasteiger partial charge in [-0.1, -0.05) is 30.3 Å². The molecule has 29 heavy (non-hydrogen) atoms. The van der Waals surface area contributed by atoms with E-state index >= 15 is 0 Å². The predicted octanol–water partition coefficient (Wildman–Crippen LogP) is 4.05. The van der Waals surface area contributed by atoms with E-state index in [-0.39, 0.29) is 5.91 Å². The van der Waals surface area contributed by atoms with Gasteiger partial charge in [0, 0.05) is 6.07 Å². The summed E-state index contributed by atoms with van der Waals surface area (Å²) in [5.74, 6) is 1.41. The van der Waals surface area contributed by atoms with E-state index in [0.29, 0.717) is 23.7 Å². The van der Waals surface area contributed by atoms with Crippen LogP contribution in [0.2, 0.25) is 0 Å². The number of ether oxygens (including phenoxy) is 3. The molecule has 0 saturated heterocycles. The number of benzene rings is 3. The minimum absolute atomic E-state index is 0.370. The number of amides is 1. The number of carbonyl (C=O) groups excluding carboxylic acids is 1. The van der Waals surface area contributed by atoms with Gasteiger partial charge >= 0.3 is 0 Å². The highest BCUT2D eigenvalue weighted by atomic mass is 16.5. The maximum Gasteiger partial charge on any atom is 0.275 e. The first-order valence-electron chi connectivity index (χ1n) is 9.02. The number of hydrogen-bond acceptors (Lipinski definition) is 5. The predicted molar refractivity (Wildman–Crippen MR) is 112 cm³/mol. The maximum atomic E-state index is 12.3. The van der Waals surface area contributed by atoms with Crippen LogP contribution < -0.4 is 19.6 Å². The van der Waals surface area contributed by atoms with Crippen LogP contribution in [-0.4, -0.2) is 26.3 Å². The van der Waals surface area contributed by atoms with Crippen LogP contribution in [0.25, 0.3) is 0 Å². The first kappa shape index (κ1) is 19.9. The van der Waals surface area contributed by atoms with Gasteiger partial charge in [-0.05, 0) is 47.5 Å². The van der Waals surface area contributed by atoms with Crippen molar-refractivity contribution in [3.05, 3.63) is 89.5 Å². The third kappa shape index (κ3) is 5.59. The molecule has 1 N–H and O–H groups in total. The van der Waals surface area contributed by atoms with Gasteiger partial charge in [-0.3, -0.25) is 4.79 Å². The quantitative estimate of drug-likeness (QED) is 0.465. The van der Waals surface area contributed by atoms with Crippen molar-refractivity contribution in [2.75, 3.05) is 14.2 Å². The Morgan fingerprint density at radius 2 is 1.66 bits per heavy atom. The van der Waals surface area contributed by atoms with Gasteiger partial charge in [-0.2, -0.15) is 5.10 Å². The molecule has 0 aromatic heterocycles. The third-order valence-corrected chi connectivity index (χ3v) is 4.16. The Kier molecular flexibility index (Phi) is 6.84. The summed E-state index contributed by atoms with van der Waals surface area (Å²) in [5.41, 5.74) is 4.81. The third-order valence-electron chi connectivity index (χ3n) is 4.16. The van der Waals surface area contributed by atoms with Crippen LogP contribution >= 0.6 is 0 Å². The van der Waals surface area contributed by atoms with Crippen molar-refractivity contribution >= 4 is 12.1 Å². The van der Waals surface area contributed by atoms with Crippen LogP contribution in [0.15, 0.2) is 77.9 Å². The summed E-state index contributed by atoms with van der Waals surface area (Å²) in [4.78, 5) is 12.3. The highest BCUT2D eigenvalue weighted by Crippen LogP contribution is 2.24. The molecule has 0 heterocycles. The molecule has 3 aromatic carbocycles. The molecule has 6 nitrogen and oxygen atoms in total. The first-order valence-corrected chi connectivity index (χ1v) is 9.02. The van der Waals surface area contributed by atoms with E-state index in [1.807, 2.05) is 54.6 Å². The fraction of sp³-hybridized carbons (Fsp3) is 0.130. The Balaban J connectivity index is 1.55. The standard InChI is InChI=1S/C23H22N2O4/c1-27-20-12-13-21(22(14-20)28-2)23(26)25-24-15-17-8-10-19(11-9-17)29-16-18-6-4-3-5-7-18/h3-15H,16H2,1-2H3,(H,25,26)/b24-15-.